The highest BCUT2D eigenvalue weighted by molar-refractivity contribution is 5.38. The van der Waals surface area contributed by atoms with Crippen LogP contribution in [-0.2, 0) is 4.74 Å². The average molecular weight is 241 g/mol. The highest BCUT2D eigenvalue weighted by atomic mass is 19.1. The third-order valence-electron chi connectivity index (χ3n) is 2.52. The van der Waals surface area contributed by atoms with Crippen LogP contribution in [-0.4, -0.2) is 23.6 Å². The van der Waals surface area contributed by atoms with E-state index in [0.717, 1.165) is 12.8 Å². The molecule has 5 heteroatoms. The van der Waals surface area contributed by atoms with Crippen LogP contribution in [0.3, 0.4) is 0 Å². The third-order valence-corrected chi connectivity index (χ3v) is 2.52. The highest BCUT2D eigenvalue weighted by Crippen LogP contribution is 2.21. The number of hydrogen-bond acceptors (Lipinski definition) is 4. The number of rotatable bonds is 6. The first-order valence-corrected chi connectivity index (χ1v) is 5.94. The van der Waals surface area contributed by atoms with Gasteiger partial charge in [0.05, 0.1) is 5.69 Å². The van der Waals surface area contributed by atoms with Crippen LogP contribution >= 0.6 is 0 Å². The largest absolute Gasteiger partial charge is 0.373 e. The number of methoxy groups -OCH3 is 1. The molecule has 0 aliphatic carbocycles. The molecule has 96 valence electrons. The molecule has 0 spiro atoms. The number of anilines is 1. The first kappa shape index (κ1) is 13.8. The topological polar surface area (TPSA) is 47.0 Å². The van der Waals surface area contributed by atoms with Crippen molar-refractivity contribution < 1.29 is 9.13 Å². The minimum Gasteiger partial charge on any atom is -0.373 e. The van der Waals surface area contributed by atoms with Crippen molar-refractivity contribution in [3.63, 3.8) is 0 Å². The number of aromatic nitrogens is 2. The van der Waals surface area contributed by atoms with Gasteiger partial charge in [0.15, 0.2) is 17.5 Å². The quantitative estimate of drug-likeness (QED) is 0.832. The molecule has 0 radical (unpaired) electrons. The summed E-state index contributed by atoms with van der Waals surface area (Å²) in [5.41, 5.74) is 0.351. The molecule has 0 saturated heterocycles. The summed E-state index contributed by atoms with van der Waals surface area (Å²) in [5.74, 6) is 0.422. The molecule has 17 heavy (non-hydrogen) atoms. The van der Waals surface area contributed by atoms with Gasteiger partial charge in [0.1, 0.15) is 6.10 Å². The molecular weight excluding hydrogens is 221 g/mol. The summed E-state index contributed by atoms with van der Waals surface area (Å²) in [6, 6.07) is 0. The summed E-state index contributed by atoms with van der Waals surface area (Å²) in [6.45, 7) is 6.33. The van der Waals surface area contributed by atoms with Crippen LogP contribution in [0.25, 0.3) is 0 Å². The molecule has 1 aromatic heterocycles. The van der Waals surface area contributed by atoms with E-state index in [2.05, 4.69) is 15.3 Å². The second kappa shape index (κ2) is 6.49. The van der Waals surface area contributed by atoms with Crippen molar-refractivity contribution >= 4 is 5.82 Å². The second-order valence-electron chi connectivity index (χ2n) is 3.89. The van der Waals surface area contributed by atoms with E-state index in [-0.39, 0.29) is 17.7 Å². The Morgan fingerprint density at radius 1 is 1.35 bits per heavy atom. The van der Waals surface area contributed by atoms with Gasteiger partial charge in [-0.1, -0.05) is 13.8 Å². The predicted molar refractivity (Wildman–Crippen MR) is 65.5 cm³/mol. The summed E-state index contributed by atoms with van der Waals surface area (Å²) in [5, 5.41) is 2.97. The SMILES string of the molecule is CCCNc1nc(C(CC)OC)nc(C)c1F. The van der Waals surface area contributed by atoms with E-state index >= 15 is 0 Å². The van der Waals surface area contributed by atoms with E-state index in [1.807, 2.05) is 13.8 Å². The molecule has 1 heterocycles. The molecule has 0 bridgehead atoms. The Bertz CT molecular complexity index is 367. The van der Waals surface area contributed by atoms with Crippen LogP contribution in [0, 0.1) is 12.7 Å². The summed E-state index contributed by atoms with van der Waals surface area (Å²) < 4.78 is 19.0. The van der Waals surface area contributed by atoms with E-state index in [1.54, 1.807) is 14.0 Å². The van der Waals surface area contributed by atoms with Crippen molar-refractivity contribution in [2.45, 2.75) is 39.7 Å². The van der Waals surface area contributed by atoms with E-state index in [0.29, 0.717) is 18.1 Å². The summed E-state index contributed by atoms with van der Waals surface area (Å²) in [6.07, 6.45) is 1.49. The molecule has 1 aromatic rings. The van der Waals surface area contributed by atoms with Gasteiger partial charge in [-0.05, 0) is 19.8 Å². The number of hydrogen-bond donors (Lipinski definition) is 1. The average Bonchev–Trinajstić information content (AvgIpc) is 2.33. The lowest BCUT2D eigenvalue weighted by molar-refractivity contribution is 0.0923. The Kier molecular flexibility index (Phi) is 5.28. The van der Waals surface area contributed by atoms with Crippen molar-refractivity contribution in [3.05, 3.63) is 17.3 Å². The van der Waals surface area contributed by atoms with Crippen LogP contribution in [0.5, 0.6) is 0 Å². The fraction of sp³-hybridized carbons (Fsp3) is 0.667. The van der Waals surface area contributed by atoms with Gasteiger partial charge in [-0.2, -0.15) is 0 Å². The molecule has 1 N–H and O–H groups in total. The fourth-order valence-corrected chi connectivity index (χ4v) is 1.54. The maximum atomic E-state index is 13.7. The van der Waals surface area contributed by atoms with Crippen molar-refractivity contribution in [2.24, 2.45) is 0 Å². The number of ether oxygens (including phenoxy) is 1. The molecule has 0 fully saturated rings. The fourth-order valence-electron chi connectivity index (χ4n) is 1.54. The zero-order chi connectivity index (χ0) is 12.8. The minimum absolute atomic E-state index is 0.184. The van der Waals surface area contributed by atoms with Crippen molar-refractivity contribution in [3.8, 4) is 0 Å². The lowest BCUT2D eigenvalue weighted by Crippen LogP contribution is -2.13. The number of nitrogens with zero attached hydrogens (tertiary/aromatic N) is 2. The number of nitrogens with one attached hydrogen (secondary N) is 1. The molecule has 0 aliphatic heterocycles. The Hall–Kier alpha value is -1.23. The van der Waals surface area contributed by atoms with Gasteiger partial charge < -0.3 is 10.1 Å². The molecular formula is C12H20FN3O. The molecule has 4 nitrogen and oxygen atoms in total. The Balaban J connectivity index is 3.04. The van der Waals surface area contributed by atoms with E-state index < -0.39 is 0 Å². The lowest BCUT2D eigenvalue weighted by Gasteiger charge is -2.14. The van der Waals surface area contributed by atoms with Crippen molar-refractivity contribution in [1.29, 1.82) is 0 Å². The molecule has 0 aromatic carbocycles. The molecule has 0 saturated carbocycles. The van der Waals surface area contributed by atoms with Gasteiger partial charge in [0.25, 0.3) is 0 Å². The summed E-state index contributed by atoms with van der Waals surface area (Å²) >= 11 is 0. The molecule has 1 unspecified atom stereocenters. The molecule has 1 atom stereocenters. The third kappa shape index (κ3) is 3.36. The van der Waals surface area contributed by atoms with Crippen LogP contribution in [0.15, 0.2) is 0 Å². The Morgan fingerprint density at radius 3 is 2.59 bits per heavy atom. The predicted octanol–water partition coefficient (Wildman–Crippen LogP) is 2.84. The Labute approximate surface area is 102 Å². The maximum Gasteiger partial charge on any atom is 0.186 e. The number of halogens is 1. The Morgan fingerprint density at radius 2 is 2.06 bits per heavy atom. The van der Waals surface area contributed by atoms with Crippen LogP contribution in [0.2, 0.25) is 0 Å². The van der Waals surface area contributed by atoms with Gasteiger partial charge in [-0.3, -0.25) is 0 Å². The van der Waals surface area contributed by atoms with E-state index in [1.165, 1.54) is 0 Å². The summed E-state index contributed by atoms with van der Waals surface area (Å²) in [7, 11) is 1.61. The molecule has 0 amide bonds. The normalized spacial score (nSPS) is 12.5. The van der Waals surface area contributed by atoms with Crippen molar-refractivity contribution in [2.75, 3.05) is 19.0 Å². The monoisotopic (exact) mass is 241 g/mol. The molecule has 1 rings (SSSR count). The lowest BCUT2D eigenvalue weighted by atomic mass is 10.2. The zero-order valence-corrected chi connectivity index (χ0v) is 10.9. The van der Waals surface area contributed by atoms with Gasteiger partial charge in [0, 0.05) is 13.7 Å². The first-order chi connectivity index (χ1) is 8.13. The zero-order valence-electron chi connectivity index (χ0n) is 10.9. The highest BCUT2D eigenvalue weighted by Gasteiger charge is 2.16. The van der Waals surface area contributed by atoms with Gasteiger partial charge in [0.2, 0.25) is 0 Å². The minimum atomic E-state index is -0.381. The first-order valence-electron chi connectivity index (χ1n) is 5.94. The maximum absolute atomic E-state index is 13.7. The van der Waals surface area contributed by atoms with Crippen molar-refractivity contribution in [1.82, 2.24) is 9.97 Å². The van der Waals surface area contributed by atoms with E-state index in [9.17, 15) is 4.39 Å². The van der Waals surface area contributed by atoms with Gasteiger partial charge in [-0.25, -0.2) is 14.4 Å². The standard InChI is InChI=1S/C12H20FN3O/c1-5-7-14-12-10(13)8(3)15-11(16-12)9(6-2)17-4/h9H,5-7H2,1-4H3,(H,14,15,16). The smallest absolute Gasteiger partial charge is 0.186 e. The van der Waals surface area contributed by atoms with Gasteiger partial charge in [-0.15, -0.1) is 0 Å². The summed E-state index contributed by atoms with van der Waals surface area (Å²) in [4.78, 5) is 8.32. The second-order valence-corrected chi connectivity index (χ2v) is 3.89. The van der Waals surface area contributed by atoms with Crippen LogP contribution in [0.4, 0.5) is 10.2 Å². The van der Waals surface area contributed by atoms with Crippen LogP contribution < -0.4 is 5.32 Å². The van der Waals surface area contributed by atoms with Crippen LogP contribution in [0.1, 0.15) is 44.3 Å². The van der Waals surface area contributed by atoms with E-state index in [4.69, 9.17) is 4.74 Å². The molecule has 0 aliphatic rings. The van der Waals surface area contributed by atoms with Gasteiger partial charge >= 0.3 is 0 Å². The number of aryl methyl sites for hydroxylation is 1.